The molecule has 0 aliphatic carbocycles. The van der Waals surface area contributed by atoms with Gasteiger partial charge in [0.2, 0.25) is 0 Å². The maximum Gasteiger partial charge on any atom is 0.120 e. The highest BCUT2D eigenvalue weighted by molar-refractivity contribution is 5.33. The Bertz CT molecular complexity index is 307. The zero-order chi connectivity index (χ0) is 10.7. The Morgan fingerprint density at radius 1 is 1.07 bits per heavy atom. The molecule has 1 aromatic rings. The van der Waals surface area contributed by atoms with Crippen molar-refractivity contribution < 1.29 is 9.47 Å². The second-order valence-electron chi connectivity index (χ2n) is 4.25. The predicted octanol–water partition coefficient (Wildman–Crippen LogP) is 2.86. The standard InChI is InChI=1S/C13H18O2/c1-10-7-11(2)9-13(8-10)15-12-3-5-14-6-4-12/h7-9,12H,3-6H2,1-2H3. The van der Waals surface area contributed by atoms with Crippen molar-refractivity contribution in [3.05, 3.63) is 29.3 Å². The molecule has 1 aliphatic rings. The third-order valence-corrected chi connectivity index (χ3v) is 2.67. The van der Waals surface area contributed by atoms with E-state index in [1.165, 1.54) is 11.1 Å². The normalized spacial score (nSPS) is 17.7. The topological polar surface area (TPSA) is 18.5 Å². The molecule has 0 bridgehead atoms. The average molecular weight is 206 g/mol. The fourth-order valence-corrected chi connectivity index (χ4v) is 1.99. The van der Waals surface area contributed by atoms with Crippen LogP contribution in [0.1, 0.15) is 24.0 Å². The van der Waals surface area contributed by atoms with Crippen molar-refractivity contribution in [3.63, 3.8) is 0 Å². The van der Waals surface area contributed by atoms with E-state index in [-0.39, 0.29) is 0 Å². The predicted molar refractivity (Wildman–Crippen MR) is 60.4 cm³/mol. The molecule has 2 rings (SSSR count). The van der Waals surface area contributed by atoms with Gasteiger partial charge in [0, 0.05) is 12.8 Å². The Kier molecular flexibility index (Phi) is 3.27. The van der Waals surface area contributed by atoms with Gasteiger partial charge in [-0.2, -0.15) is 0 Å². The molecule has 0 radical (unpaired) electrons. The highest BCUT2D eigenvalue weighted by atomic mass is 16.5. The molecule has 82 valence electrons. The van der Waals surface area contributed by atoms with Crippen molar-refractivity contribution in [2.45, 2.75) is 32.8 Å². The van der Waals surface area contributed by atoms with Gasteiger partial charge in [0.15, 0.2) is 0 Å². The summed E-state index contributed by atoms with van der Waals surface area (Å²) < 4.78 is 11.2. The number of benzene rings is 1. The Balaban J connectivity index is 2.02. The van der Waals surface area contributed by atoms with Gasteiger partial charge in [0.05, 0.1) is 13.2 Å². The average Bonchev–Trinajstić information content (AvgIpc) is 2.17. The summed E-state index contributed by atoms with van der Waals surface area (Å²) in [5.41, 5.74) is 2.52. The molecular formula is C13H18O2. The smallest absolute Gasteiger partial charge is 0.120 e. The first-order chi connectivity index (χ1) is 7.24. The summed E-state index contributed by atoms with van der Waals surface area (Å²) in [5, 5.41) is 0. The summed E-state index contributed by atoms with van der Waals surface area (Å²) in [7, 11) is 0. The van der Waals surface area contributed by atoms with Gasteiger partial charge < -0.3 is 9.47 Å². The fraction of sp³-hybridized carbons (Fsp3) is 0.538. The van der Waals surface area contributed by atoms with E-state index in [0.29, 0.717) is 6.10 Å². The molecule has 1 saturated heterocycles. The Morgan fingerprint density at radius 2 is 1.67 bits per heavy atom. The summed E-state index contributed by atoms with van der Waals surface area (Å²) in [6.07, 6.45) is 2.35. The fourth-order valence-electron chi connectivity index (χ4n) is 1.99. The number of aryl methyl sites for hydroxylation is 2. The van der Waals surface area contributed by atoms with Crippen molar-refractivity contribution in [3.8, 4) is 5.75 Å². The van der Waals surface area contributed by atoms with Gasteiger partial charge in [-0.25, -0.2) is 0 Å². The zero-order valence-corrected chi connectivity index (χ0v) is 9.45. The third kappa shape index (κ3) is 2.96. The van der Waals surface area contributed by atoms with Crippen LogP contribution in [0.2, 0.25) is 0 Å². The molecule has 0 atom stereocenters. The van der Waals surface area contributed by atoms with E-state index in [1.807, 2.05) is 0 Å². The van der Waals surface area contributed by atoms with Gasteiger partial charge >= 0.3 is 0 Å². The molecule has 0 saturated carbocycles. The first kappa shape index (κ1) is 10.5. The van der Waals surface area contributed by atoms with Crippen molar-refractivity contribution in [2.24, 2.45) is 0 Å². The summed E-state index contributed by atoms with van der Waals surface area (Å²) in [5.74, 6) is 0.999. The number of hydrogen-bond acceptors (Lipinski definition) is 2. The molecule has 15 heavy (non-hydrogen) atoms. The molecule has 0 unspecified atom stereocenters. The number of hydrogen-bond donors (Lipinski definition) is 0. The first-order valence-electron chi connectivity index (χ1n) is 5.57. The monoisotopic (exact) mass is 206 g/mol. The maximum absolute atomic E-state index is 5.94. The lowest BCUT2D eigenvalue weighted by molar-refractivity contribution is 0.0255. The van der Waals surface area contributed by atoms with Crippen molar-refractivity contribution in [1.29, 1.82) is 0 Å². The SMILES string of the molecule is Cc1cc(C)cc(OC2CCOCC2)c1. The Morgan fingerprint density at radius 3 is 2.27 bits per heavy atom. The van der Waals surface area contributed by atoms with E-state index in [1.54, 1.807) is 0 Å². The van der Waals surface area contributed by atoms with Crippen molar-refractivity contribution >= 4 is 0 Å². The molecule has 0 amide bonds. The highest BCUT2D eigenvalue weighted by Gasteiger charge is 2.15. The lowest BCUT2D eigenvalue weighted by atomic mass is 10.1. The summed E-state index contributed by atoms with van der Waals surface area (Å²) in [6.45, 7) is 5.86. The van der Waals surface area contributed by atoms with Gasteiger partial charge in [-0.15, -0.1) is 0 Å². The van der Waals surface area contributed by atoms with Crippen LogP contribution in [0.15, 0.2) is 18.2 Å². The van der Waals surface area contributed by atoms with Crippen LogP contribution in [0.25, 0.3) is 0 Å². The van der Waals surface area contributed by atoms with Crippen LogP contribution in [-0.4, -0.2) is 19.3 Å². The molecule has 2 nitrogen and oxygen atoms in total. The molecule has 1 fully saturated rings. The minimum Gasteiger partial charge on any atom is -0.490 e. The molecule has 2 heteroatoms. The minimum absolute atomic E-state index is 0.333. The van der Waals surface area contributed by atoms with Gasteiger partial charge in [-0.05, 0) is 37.1 Å². The van der Waals surface area contributed by atoms with E-state index in [2.05, 4.69) is 32.0 Å². The number of rotatable bonds is 2. The Labute approximate surface area is 91.2 Å². The molecule has 1 aliphatic heterocycles. The Hall–Kier alpha value is -1.02. The second-order valence-corrected chi connectivity index (χ2v) is 4.25. The van der Waals surface area contributed by atoms with Gasteiger partial charge in [-0.3, -0.25) is 0 Å². The van der Waals surface area contributed by atoms with Crippen molar-refractivity contribution in [2.75, 3.05) is 13.2 Å². The summed E-state index contributed by atoms with van der Waals surface area (Å²) in [4.78, 5) is 0. The number of ether oxygens (including phenoxy) is 2. The van der Waals surface area contributed by atoms with E-state index in [9.17, 15) is 0 Å². The lowest BCUT2D eigenvalue weighted by Crippen LogP contribution is -2.25. The molecule has 1 heterocycles. The largest absolute Gasteiger partial charge is 0.490 e. The highest BCUT2D eigenvalue weighted by Crippen LogP contribution is 2.20. The molecule has 0 N–H and O–H groups in total. The summed E-state index contributed by atoms with van der Waals surface area (Å²) >= 11 is 0. The van der Waals surface area contributed by atoms with E-state index < -0.39 is 0 Å². The quantitative estimate of drug-likeness (QED) is 0.740. The van der Waals surface area contributed by atoms with Gasteiger partial charge in [0.1, 0.15) is 11.9 Å². The zero-order valence-electron chi connectivity index (χ0n) is 9.45. The van der Waals surface area contributed by atoms with Gasteiger partial charge in [0.25, 0.3) is 0 Å². The summed E-state index contributed by atoms with van der Waals surface area (Å²) in [6, 6.07) is 6.36. The second kappa shape index (κ2) is 4.67. The van der Waals surface area contributed by atoms with Crippen LogP contribution in [-0.2, 0) is 4.74 Å². The third-order valence-electron chi connectivity index (χ3n) is 2.67. The van der Waals surface area contributed by atoms with E-state index >= 15 is 0 Å². The minimum atomic E-state index is 0.333. The molecule has 0 aromatic heterocycles. The van der Waals surface area contributed by atoms with Gasteiger partial charge in [-0.1, -0.05) is 6.07 Å². The first-order valence-corrected chi connectivity index (χ1v) is 5.57. The molecule has 0 spiro atoms. The van der Waals surface area contributed by atoms with Crippen LogP contribution in [0.4, 0.5) is 0 Å². The molecular weight excluding hydrogens is 188 g/mol. The van der Waals surface area contributed by atoms with E-state index in [0.717, 1.165) is 31.8 Å². The van der Waals surface area contributed by atoms with Crippen molar-refractivity contribution in [1.82, 2.24) is 0 Å². The van der Waals surface area contributed by atoms with Crippen LogP contribution < -0.4 is 4.74 Å². The van der Waals surface area contributed by atoms with Crippen LogP contribution in [0.3, 0.4) is 0 Å². The lowest BCUT2D eigenvalue weighted by Gasteiger charge is -2.23. The van der Waals surface area contributed by atoms with Crippen LogP contribution in [0.5, 0.6) is 5.75 Å². The molecule has 1 aromatic carbocycles. The maximum atomic E-state index is 5.94. The van der Waals surface area contributed by atoms with Crippen LogP contribution >= 0.6 is 0 Å². The van der Waals surface area contributed by atoms with E-state index in [4.69, 9.17) is 9.47 Å². The van der Waals surface area contributed by atoms with Crippen LogP contribution in [0, 0.1) is 13.8 Å².